The second-order valence-corrected chi connectivity index (χ2v) is 5.54. The first-order valence-corrected chi connectivity index (χ1v) is 5.98. The molecule has 1 unspecified atom stereocenters. The van der Waals surface area contributed by atoms with Gasteiger partial charge in [0.2, 0.25) is 0 Å². The van der Waals surface area contributed by atoms with Crippen LogP contribution in [0.4, 0.5) is 0 Å². The van der Waals surface area contributed by atoms with E-state index in [-0.39, 0.29) is 11.8 Å². The Morgan fingerprint density at radius 3 is 2.86 bits per heavy atom. The molecule has 1 aromatic heterocycles. The summed E-state index contributed by atoms with van der Waals surface area (Å²) in [5.41, 5.74) is 0.557. The lowest BCUT2D eigenvalue weighted by Crippen LogP contribution is -2.30. The van der Waals surface area contributed by atoms with Crippen molar-refractivity contribution in [3.8, 4) is 0 Å². The Kier molecular flexibility index (Phi) is 3.12. The van der Waals surface area contributed by atoms with E-state index in [2.05, 4.69) is 5.32 Å². The molecule has 1 N–H and O–H groups in total. The Labute approximate surface area is 96.2 Å². The number of thiophene rings is 1. The standard InChI is InChI=1S/C9H9Cl2NOS/c10-7-4-5(9(11)14-7)8(13)6-2-1-3-12-6/h4,6,12H,1-3H2. The summed E-state index contributed by atoms with van der Waals surface area (Å²) in [6.45, 7) is 0.909. The third kappa shape index (κ3) is 1.96. The smallest absolute Gasteiger partial charge is 0.182 e. The molecule has 0 radical (unpaired) electrons. The zero-order valence-electron chi connectivity index (χ0n) is 7.35. The van der Waals surface area contributed by atoms with Gasteiger partial charge in [0.1, 0.15) is 4.34 Å². The molecule has 0 spiro atoms. The van der Waals surface area contributed by atoms with Crippen LogP contribution in [-0.2, 0) is 0 Å². The summed E-state index contributed by atoms with van der Waals surface area (Å²) < 4.78 is 1.06. The highest BCUT2D eigenvalue weighted by atomic mass is 35.5. The predicted octanol–water partition coefficient (Wildman–Crippen LogP) is 2.99. The van der Waals surface area contributed by atoms with Crippen LogP contribution in [0.1, 0.15) is 23.2 Å². The molecule has 14 heavy (non-hydrogen) atoms. The maximum atomic E-state index is 11.9. The number of halogens is 2. The zero-order chi connectivity index (χ0) is 10.1. The number of carbonyl (C=O) groups excluding carboxylic acids is 1. The predicted molar refractivity (Wildman–Crippen MR) is 59.7 cm³/mol. The van der Waals surface area contributed by atoms with Crippen LogP contribution < -0.4 is 5.32 Å². The Hall–Kier alpha value is -0.0900. The second-order valence-electron chi connectivity index (χ2n) is 3.25. The molecule has 1 atom stereocenters. The van der Waals surface area contributed by atoms with Crippen LogP contribution in [0.25, 0.3) is 0 Å². The molecule has 0 amide bonds. The molecule has 76 valence electrons. The summed E-state index contributed by atoms with van der Waals surface area (Å²) in [6.07, 6.45) is 1.94. The highest BCUT2D eigenvalue weighted by Crippen LogP contribution is 2.32. The first kappa shape index (κ1) is 10.4. The van der Waals surface area contributed by atoms with Gasteiger partial charge in [-0.15, -0.1) is 11.3 Å². The van der Waals surface area contributed by atoms with Crippen molar-refractivity contribution in [3.05, 3.63) is 20.3 Å². The number of hydrogen-bond donors (Lipinski definition) is 1. The van der Waals surface area contributed by atoms with Crippen molar-refractivity contribution < 1.29 is 4.79 Å². The highest BCUT2D eigenvalue weighted by molar-refractivity contribution is 7.20. The maximum Gasteiger partial charge on any atom is 0.182 e. The Bertz CT molecular complexity index is 358. The molecule has 2 rings (SSSR count). The van der Waals surface area contributed by atoms with Gasteiger partial charge in [0.15, 0.2) is 5.78 Å². The van der Waals surface area contributed by atoms with Gasteiger partial charge in [0, 0.05) is 0 Å². The van der Waals surface area contributed by atoms with Crippen molar-refractivity contribution in [2.45, 2.75) is 18.9 Å². The van der Waals surface area contributed by atoms with Crippen LogP contribution in [0.3, 0.4) is 0 Å². The quantitative estimate of drug-likeness (QED) is 0.817. The molecule has 5 heteroatoms. The SMILES string of the molecule is O=C(c1cc(Cl)sc1Cl)C1CCCN1. The molecule has 1 aliphatic heterocycles. The van der Waals surface area contributed by atoms with Gasteiger partial charge in [-0.05, 0) is 25.5 Å². The summed E-state index contributed by atoms with van der Waals surface area (Å²) in [5, 5.41) is 3.14. The van der Waals surface area contributed by atoms with Crippen LogP contribution >= 0.6 is 34.5 Å². The average Bonchev–Trinajstić information content (AvgIpc) is 2.73. The van der Waals surface area contributed by atoms with Crippen molar-refractivity contribution in [2.24, 2.45) is 0 Å². The van der Waals surface area contributed by atoms with Crippen molar-refractivity contribution in [1.29, 1.82) is 0 Å². The summed E-state index contributed by atoms with van der Waals surface area (Å²) in [5.74, 6) is 0.0654. The zero-order valence-corrected chi connectivity index (χ0v) is 9.68. The molecule has 0 aliphatic carbocycles. The highest BCUT2D eigenvalue weighted by Gasteiger charge is 2.25. The van der Waals surface area contributed by atoms with E-state index in [1.54, 1.807) is 6.07 Å². The average molecular weight is 250 g/mol. The van der Waals surface area contributed by atoms with E-state index in [4.69, 9.17) is 23.2 Å². The Morgan fingerprint density at radius 1 is 1.57 bits per heavy atom. The molecular weight excluding hydrogens is 241 g/mol. The summed E-state index contributed by atoms with van der Waals surface area (Å²) in [6, 6.07) is 1.58. The Morgan fingerprint density at radius 2 is 2.36 bits per heavy atom. The van der Waals surface area contributed by atoms with Crippen LogP contribution in [0.15, 0.2) is 6.07 Å². The molecule has 2 nitrogen and oxygen atoms in total. The minimum Gasteiger partial charge on any atom is -0.307 e. The lowest BCUT2D eigenvalue weighted by Gasteiger charge is -2.06. The molecule has 1 aliphatic rings. The topological polar surface area (TPSA) is 29.1 Å². The lowest BCUT2D eigenvalue weighted by molar-refractivity contribution is 0.0953. The van der Waals surface area contributed by atoms with E-state index < -0.39 is 0 Å². The fraction of sp³-hybridized carbons (Fsp3) is 0.444. The third-order valence-electron chi connectivity index (χ3n) is 2.30. The monoisotopic (exact) mass is 249 g/mol. The van der Waals surface area contributed by atoms with Gasteiger partial charge in [-0.1, -0.05) is 23.2 Å². The number of rotatable bonds is 2. The van der Waals surface area contributed by atoms with Crippen molar-refractivity contribution in [1.82, 2.24) is 5.32 Å². The van der Waals surface area contributed by atoms with Gasteiger partial charge in [0.25, 0.3) is 0 Å². The minimum atomic E-state index is -0.0711. The number of hydrogen-bond acceptors (Lipinski definition) is 3. The summed E-state index contributed by atoms with van der Waals surface area (Å²) in [7, 11) is 0. The first-order chi connectivity index (χ1) is 6.68. The molecular formula is C9H9Cl2NOS. The van der Waals surface area contributed by atoms with E-state index in [1.807, 2.05) is 0 Å². The molecule has 1 saturated heterocycles. The Balaban J connectivity index is 2.21. The number of ketones is 1. The van der Waals surface area contributed by atoms with Crippen LogP contribution in [0.2, 0.25) is 8.67 Å². The lowest BCUT2D eigenvalue weighted by atomic mass is 10.1. The normalized spacial score (nSPS) is 21.4. The van der Waals surface area contributed by atoms with Gasteiger partial charge < -0.3 is 5.32 Å². The molecule has 2 heterocycles. The first-order valence-electron chi connectivity index (χ1n) is 4.41. The number of Topliss-reactive ketones (excluding diaryl/α,β-unsaturated/α-hetero) is 1. The van der Waals surface area contributed by atoms with Crippen LogP contribution in [0.5, 0.6) is 0 Å². The summed E-state index contributed by atoms with van der Waals surface area (Å²) in [4.78, 5) is 11.9. The van der Waals surface area contributed by atoms with Crippen molar-refractivity contribution in [3.63, 3.8) is 0 Å². The number of nitrogens with one attached hydrogen (secondary N) is 1. The van der Waals surface area contributed by atoms with Gasteiger partial charge in [-0.2, -0.15) is 0 Å². The fourth-order valence-electron chi connectivity index (χ4n) is 1.60. The van der Waals surface area contributed by atoms with E-state index in [0.717, 1.165) is 19.4 Å². The van der Waals surface area contributed by atoms with Crippen LogP contribution in [0, 0.1) is 0 Å². The van der Waals surface area contributed by atoms with E-state index in [0.29, 0.717) is 14.2 Å². The van der Waals surface area contributed by atoms with E-state index in [1.165, 1.54) is 11.3 Å². The molecule has 1 aromatic rings. The van der Waals surface area contributed by atoms with Crippen molar-refractivity contribution in [2.75, 3.05) is 6.54 Å². The van der Waals surface area contributed by atoms with Gasteiger partial charge in [-0.25, -0.2) is 0 Å². The molecule has 0 bridgehead atoms. The van der Waals surface area contributed by atoms with E-state index in [9.17, 15) is 4.79 Å². The maximum absolute atomic E-state index is 11.9. The fourth-order valence-corrected chi connectivity index (χ4v) is 3.08. The summed E-state index contributed by atoms with van der Waals surface area (Å²) >= 11 is 12.9. The van der Waals surface area contributed by atoms with Gasteiger partial charge >= 0.3 is 0 Å². The molecule has 0 aromatic carbocycles. The van der Waals surface area contributed by atoms with Crippen LogP contribution in [-0.4, -0.2) is 18.4 Å². The van der Waals surface area contributed by atoms with Gasteiger partial charge in [0.05, 0.1) is 15.9 Å². The van der Waals surface area contributed by atoms with Crippen molar-refractivity contribution >= 4 is 40.3 Å². The van der Waals surface area contributed by atoms with E-state index >= 15 is 0 Å². The molecule has 0 saturated carbocycles. The third-order valence-corrected chi connectivity index (χ3v) is 3.79. The largest absolute Gasteiger partial charge is 0.307 e. The van der Waals surface area contributed by atoms with Gasteiger partial charge in [-0.3, -0.25) is 4.79 Å². The second kappa shape index (κ2) is 4.19. The molecule has 1 fully saturated rings. The number of carbonyl (C=O) groups is 1. The minimum absolute atomic E-state index is 0.0654.